The highest BCUT2D eigenvalue weighted by atomic mass is 15.0. The summed E-state index contributed by atoms with van der Waals surface area (Å²) in [5.74, 6) is 0. The van der Waals surface area contributed by atoms with Crippen LogP contribution in [0, 0.1) is 0 Å². The third kappa shape index (κ3) is 4.00. The molecule has 0 N–H and O–H groups in total. The first-order chi connectivity index (χ1) is 30.5. The van der Waals surface area contributed by atoms with Crippen molar-refractivity contribution in [3.8, 4) is 39.1 Å². The third-order valence-electron chi connectivity index (χ3n) is 15.1. The van der Waals surface area contributed by atoms with Crippen LogP contribution in [0.15, 0.2) is 188 Å². The fourth-order valence-corrected chi connectivity index (χ4v) is 12.3. The summed E-state index contributed by atoms with van der Waals surface area (Å²) in [4.78, 5) is 0. The van der Waals surface area contributed by atoms with Gasteiger partial charge in [0.05, 0.1) is 11.0 Å². The van der Waals surface area contributed by atoms with Gasteiger partial charge in [-0.2, -0.15) is 0 Å². The molecule has 1 heteroatoms. The second kappa shape index (κ2) is 11.3. The SMILES string of the molecule is CC1(C)c2ccccc2-c2ccc(-n3c4ccc(-c5ccc6ccc7cccc8ccc5c6c78)c5ccc6c(-c7ccc8ccc9cccc%10ccc7c8c9%10)ccc3c6c54)cc21. The topological polar surface area (TPSA) is 4.93 Å². The highest BCUT2D eigenvalue weighted by Gasteiger charge is 2.35. The molecule has 0 unspecified atom stereocenters. The fraction of sp³-hybridized carbons (Fsp3) is 0.0492. The van der Waals surface area contributed by atoms with Gasteiger partial charge in [-0.1, -0.05) is 178 Å². The highest BCUT2D eigenvalue weighted by Crippen LogP contribution is 2.52. The Morgan fingerprint density at radius 1 is 0.290 bits per heavy atom. The van der Waals surface area contributed by atoms with E-state index >= 15 is 0 Å². The number of hydrogen-bond acceptors (Lipinski definition) is 0. The van der Waals surface area contributed by atoms with Crippen molar-refractivity contribution in [2.75, 3.05) is 0 Å². The van der Waals surface area contributed by atoms with Crippen LogP contribution in [0.1, 0.15) is 25.0 Å². The zero-order valence-corrected chi connectivity index (χ0v) is 34.3. The average Bonchev–Trinajstić information content (AvgIpc) is 3.78. The Morgan fingerprint density at radius 3 is 1.21 bits per heavy atom. The van der Waals surface area contributed by atoms with E-state index in [0.29, 0.717) is 0 Å². The van der Waals surface area contributed by atoms with Crippen LogP contribution in [0.3, 0.4) is 0 Å². The summed E-state index contributed by atoms with van der Waals surface area (Å²) in [5, 5.41) is 21.0. The van der Waals surface area contributed by atoms with Crippen molar-refractivity contribution in [1.82, 2.24) is 4.57 Å². The lowest BCUT2D eigenvalue weighted by atomic mass is 9.82. The lowest BCUT2D eigenvalue weighted by Gasteiger charge is -2.22. The molecule has 0 saturated heterocycles. The number of nitrogens with zero attached hydrogens (tertiary/aromatic N) is 1. The molecule has 0 saturated carbocycles. The molecule has 13 aromatic carbocycles. The van der Waals surface area contributed by atoms with Crippen LogP contribution in [0.2, 0.25) is 0 Å². The zero-order chi connectivity index (χ0) is 40.6. The van der Waals surface area contributed by atoms with Crippen molar-refractivity contribution in [3.05, 3.63) is 199 Å². The Balaban J connectivity index is 1.04. The molecule has 0 radical (unpaired) electrons. The van der Waals surface area contributed by atoms with Crippen LogP contribution in [-0.4, -0.2) is 4.57 Å². The molecule has 0 amide bonds. The van der Waals surface area contributed by atoms with Crippen molar-refractivity contribution in [2.45, 2.75) is 19.3 Å². The molecule has 0 aliphatic heterocycles. The van der Waals surface area contributed by atoms with E-state index in [1.165, 1.54) is 147 Å². The van der Waals surface area contributed by atoms with Gasteiger partial charge in [-0.25, -0.2) is 0 Å². The van der Waals surface area contributed by atoms with Gasteiger partial charge >= 0.3 is 0 Å². The summed E-state index contributed by atoms with van der Waals surface area (Å²) in [6, 6.07) is 71.8. The van der Waals surface area contributed by atoms with E-state index in [9.17, 15) is 0 Å². The normalized spacial score (nSPS) is 13.8. The minimum Gasteiger partial charge on any atom is -0.309 e. The van der Waals surface area contributed by atoms with E-state index in [4.69, 9.17) is 0 Å². The first-order valence-electron chi connectivity index (χ1n) is 21.9. The Bertz CT molecular complexity index is 3980. The molecule has 0 bridgehead atoms. The monoisotopic (exact) mass is 783 g/mol. The molecular weight excluding hydrogens is 747 g/mol. The summed E-state index contributed by atoms with van der Waals surface area (Å²) < 4.78 is 2.55. The van der Waals surface area contributed by atoms with Gasteiger partial charge in [-0.05, 0) is 144 Å². The average molecular weight is 784 g/mol. The first-order valence-corrected chi connectivity index (χ1v) is 21.9. The molecule has 14 aromatic rings. The number of fused-ring (bicyclic) bond motifs is 3. The lowest BCUT2D eigenvalue weighted by molar-refractivity contribution is 0.660. The molecule has 1 aliphatic rings. The Kier molecular flexibility index (Phi) is 6.04. The van der Waals surface area contributed by atoms with Crippen LogP contribution in [-0.2, 0) is 5.41 Å². The first kappa shape index (κ1) is 33.0. The molecular formula is C61H37N. The van der Waals surface area contributed by atoms with Gasteiger partial charge in [0, 0.05) is 21.9 Å². The summed E-state index contributed by atoms with van der Waals surface area (Å²) >= 11 is 0. The van der Waals surface area contributed by atoms with Crippen LogP contribution in [0.5, 0.6) is 0 Å². The fourth-order valence-electron chi connectivity index (χ4n) is 12.3. The Morgan fingerprint density at radius 2 is 0.677 bits per heavy atom. The van der Waals surface area contributed by atoms with E-state index in [2.05, 4.69) is 206 Å². The molecule has 0 fully saturated rings. The molecule has 286 valence electrons. The van der Waals surface area contributed by atoms with Crippen molar-refractivity contribution in [2.24, 2.45) is 0 Å². The smallest absolute Gasteiger partial charge is 0.0547 e. The molecule has 1 aliphatic carbocycles. The maximum absolute atomic E-state index is 2.55. The maximum atomic E-state index is 2.55. The second-order valence-electron chi connectivity index (χ2n) is 18.3. The van der Waals surface area contributed by atoms with Gasteiger partial charge in [0.1, 0.15) is 0 Å². The number of rotatable bonds is 3. The van der Waals surface area contributed by atoms with Crippen molar-refractivity contribution in [1.29, 1.82) is 0 Å². The minimum absolute atomic E-state index is 0.100. The standard InChI is InChI=1S/C61H37N/c1-61(2)51-12-4-3-11-45(51)46-26-21-40(33-52(46)61)62-53-31-29-43(41-22-17-38-15-13-34-7-5-9-36-19-24-47(41)57(38)55(34)36)49-27-28-50-44(30-32-54(62)60(50)59(49)53)42-23-18-39-16-14-35-8-6-10-37-20-25-48(42)58(39)56(35)37/h3-33H,1-2H3. The van der Waals surface area contributed by atoms with Crippen molar-refractivity contribution < 1.29 is 0 Å². The molecule has 1 nitrogen and oxygen atoms in total. The number of hydrogen-bond donors (Lipinski definition) is 0. The minimum atomic E-state index is -0.100. The highest BCUT2D eigenvalue weighted by molar-refractivity contribution is 6.32. The van der Waals surface area contributed by atoms with Crippen LogP contribution in [0.25, 0.3) is 136 Å². The summed E-state index contributed by atoms with van der Waals surface area (Å²) in [6.07, 6.45) is 0. The predicted molar refractivity (Wildman–Crippen MR) is 265 cm³/mol. The predicted octanol–water partition coefficient (Wildman–Crippen LogP) is 16.8. The van der Waals surface area contributed by atoms with E-state index in [-0.39, 0.29) is 5.41 Å². The summed E-state index contributed by atoms with van der Waals surface area (Å²) in [7, 11) is 0. The van der Waals surface area contributed by atoms with Gasteiger partial charge in [-0.3, -0.25) is 0 Å². The molecule has 0 spiro atoms. The molecule has 15 rings (SSSR count). The Hall–Kier alpha value is -7.74. The van der Waals surface area contributed by atoms with Crippen molar-refractivity contribution in [3.63, 3.8) is 0 Å². The molecule has 1 aromatic heterocycles. The van der Waals surface area contributed by atoms with Gasteiger partial charge in [0.15, 0.2) is 0 Å². The number of benzene rings is 13. The van der Waals surface area contributed by atoms with Crippen LogP contribution < -0.4 is 0 Å². The third-order valence-corrected chi connectivity index (χ3v) is 15.1. The van der Waals surface area contributed by atoms with Crippen molar-refractivity contribution >= 4 is 97.2 Å². The van der Waals surface area contributed by atoms with Gasteiger partial charge in [0.25, 0.3) is 0 Å². The van der Waals surface area contributed by atoms with E-state index < -0.39 is 0 Å². The maximum Gasteiger partial charge on any atom is 0.0547 e. The molecule has 0 atom stereocenters. The van der Waals surface area contributed by atoms with E-state index in [1.807, 2.05) is 0 Å². The van der Waals surface area contributed by atoms with Crippen LogP contribution >= 0.6 is 0 Å². The van der Waals surface area contributed by atoms with Gasteiger partial charge < -0.3 is 4.57 Å². The summed E-state index contributed by atoms with van der Waals surface area (Å²) in [5.41, 5.74) is 14.2. The molecule has 1 heterocycles. The largest absolute Gasteiger partial charge is 0.309 e. The van der Waals surface area contributed by atoms with Gasteiger partial charge in [0.2, 0.25) is 0 Å². The molecule has 62 heavy (non-hydrogen) atoms. The number of aromatic nitrogens is 1. The second-order valence-corrected chi connectivity index (χ2v) is 18.3. The van der Waals surface area contributed by atoms with E-state index in [1.54, 1.807) is 0 Å². The van der Waals surface area contributed by atoms with Crippen LogP contribution in [0.4, 0.5) is 0 Å². The Labute approximate surface area is 357 Å². The zero-order valence-electron chi connectivity index (χ0n) is 34.3. The lowest BCUT2D eigenvalue weighted by Crippen LogP contribution is -2.15. The van der Waals surface area contributed by atoms with Gasteiger partial charge in [-0.15, -0.1) is 0 Å². The quantitative estimate of drug-likeness (QED) is 0.157. The van der Waals surface area contributed by atoms with E-state index in [0.717, 1.165) is 0 Å². The summed E-state index contributed by atoms with van der Waals surface area (Å²) in [6.45, 7) is 4.76.